The molecule has 2 aromatic rings. The van der Waals surface area contributed by atoms with Gasteiger partial charge in [0.15, 0.2) is 0 Å². The number of hydrogen-bond donors (Lipinski definition) is 2. The van der Waals surface area contributed by atoms with Crippen LogP contribution in [0.25, 0.3) is 10.9 Å². The number of hydrogen-bond acceptors (Lipinski definition) is 5. The fraction of sp³-hybridized carbons (Fsp3) is 0.333. The van der Waals surface area contributed by atoms with Crippen molar-refractivity contribution in [1.29, 1.82) is 0 Å². The maximum atomic E-state index is 12.4. The van der Waals surface area contributed by atoms with Gasteiger partial charge in [0.2, 0.25) is 17.7 Å². The molecule has 7 nitrogen and oxygen atoms in total. The molecule has 3 amide bonds. The van der Waals surface area contributed by atoms with Crippen LogP contribution in [-0.2, 0) is 14.4 Å². The maximum Gasteiger partial charge on any atom is 0.229 e. The van der Waals surface area contributed by atoms with Gasteiger partial charge in [-0.05, 0) is 12.1 Å². The smallest absolute Gasteiger partial charge is 0.229 e. The predicted octanol–water partition coefficient (Wildman–Crippen LogP) is 1.32. The Labute approximate surface area is 144 Å². The largest absolute Gasteiger partial charge is 0.390 e. The lowest BCUT2D eigenvalue weighted by Gasteiger charge is -2.23. The lowest BCUT2D eigenvalue weighted by atomic mass is 10.0. The number of amides is 3. The summed E-state index contributed by atoms with van der Waals surface area (Å²) in [5.74, 6) is -1.81. The first-order valence-corrected chi connectivity index (χ1v) is 8.13. The van der Waals surface area contributed by atoms with Gasteiger partial charge in [0.1, 0.15) is 0 Å². The van der Waals surface area contributed by atoms with Crippen molar-refractivity contribution < 1.29 is 19.5 Å². The minimum atomic E-state index is -1.13. The van der Waals surface area contributed by atoms with Gasteiger partial charge in [0.05, 0.1) is 29.8 Å². The van der Waals surface area contributed by atoms with Crippen LogP contribution in [0.4, 0.5) is 5.69 Å². The highest BCUT2D eigenvalue weighted by molar-refractivity contribution is 6.02. The Bertz CT molecular complexity index is 815. The third-order valence-corrected chi connectivity index (χ3v) is 4.41. The first-order valence-electron chi connectivity index (χ1n) is 8.13. The quantitative estimate of drug-likeness (QED) is 0.799. The maximum absolute atomic E-state index is 12.4. The number of aromatic nitrogens is 1. The van der Waals surface area contributed by atoms with Gasteiger partial charge in [-0.1, -0.05) is 25.1 Å². The zero-order chi connectivity index (χ0) is 18.0. The van der Waals surface area contributed by atoms with Gasteiger partial charge in [0, 0.05) is 24.4 Å². The first-order chi connectivity index (χ1) is 12.0. The molecule has 1 aromatic carbocycles. The van der Waals surface area contributed by atoms with Gasteiger partial charge in [0.25, 0.3) is 0 Å². The second-order valence-electron chi connectivity index (χ2n) is 6.12. The van der Waals surface area contributed by atoms with Gasteiger partial charge in [-0.2, -0.15) is 0 Å². The number of nitrogens with one attached hydrogen (secondary N) is 1. The van der Waals surface area contributed by atoms with Crippen LogP contribution >= 0.6 is 0 Å². The Morgan fingerprint density at radius 3 is 2.64 bits per heavy atom. The van der Waals surface area contributed by atoms with Gasteiger partial charge in [-0.25, -0.2) is 0 Å². The van der Waals surface area contributed by atoms with Gasteiger partial charge in [-0.3, -0.25) is 24.3 Å². The van der Waals surface area contributed by atoms with Crippen LogP contribution in [0.2, 0.25) is 0 Å². The third kappa shape index (κ3) is 3.51. The third-order valence-electron chi connectivity index (χ3n) is 4.41. The predicted molar refractivity (Wildman–Crippen MR) is 91.5 cm³/mol. The van der Waals surface area contributed by atoms with Crippen LogP contribution in [0, 0.1) is 5.92 Å². The number of benzene rings is 1. The van der Waals surface area contributed by atoms with E-state index in [0.717, 1.165) is 10.3 Å². The number of anilines is 1. The fourth-order valence-electron chi connectivity index (χ4n) is 2.80. The molecule has 0 bridgehead atoms. The van der Waals surface area contributed by atoms with Crippen molar-refractivity contribution in [2.24, 2.45) is 5.92 Å². The number of aliphatic hydroxyl groups is 1. The highest BCUT2D eigenvalue weighted by atomic mass is 16.3. The molecule has 0 unspecified atom stereocenters. The number of rotatable bonds is 5. The van der Waals surface area contributed by atoms with E-state index in [2.05, 4.69) is 10.3 Å². The first kappa shape index (κ1) is 17.0. The van der Waals surface area contributed by atoms with Crippen molar-refractivity contribution in [3.8, 4) is 0 Å². The topological polar surface area (TPSA) is 99.6 Å². The van der Waals surface area contributed by atoms with Crippen LogP contribution in [0.15, 0.2) is 36.5 Å². The van der Waals surface area contributed by atoms with E-state index in [0.29, 0.717) is 11.2 Å². The molecular weight excluding hydrogens is 322 g/mol. The molecule has 25 heavy (non-hydrogen) atoms. The van der Waals surface area contributed by atoms with Crippen molar-refractivity contribution in [2.45, 2.75) is 25.9 Å². The van der Waals surface area contributed by atoms with Crippen LogP contribution < -0.4 is 5.32 Å². The van der Waals surface area contributed by atoms with Crippen LogP contribution in [-0.4, -0.2) is 45.4 Å². The monoisotopic (exact) mass is 341 g/mol. The normalized spacial score (nSPS) is 17.0. The highest BCUT2D eigenvalue weighted by Crippen LogP contribution is 2.22. The molecule has 1 saturated heterocycles. The van der Waals surface area contributed by atoms with Crippen molar-refractivity contribution in [2.75, 3.05) is 11.9 Å². The van der Waals surface area contributed by atoms with Crippen LogP contribution in [0.3, 0.4) is 0 Å². The number of carbonyl (C=O) groups excluding carboxylic acids is 3. The summed E-state index contributed by atoms with van der Waals surface area (Å²) in [4.78, 5) is 41.0. The Balaban J connectivity index is 1.69. The van der Waals surface area contributed by atoms with Crippen LogP contribution in [0.5, 0.6) is 0 Å². The summed E-state index contributed by atoms with van der Waals surface area (Å²) in [5.41, 5.74) is 1.21. The molecule has 0 radical (unpaired) electrons. The molecule has 1 aromatic heterocycles. The average Bonchev–Trinajstić information content (AvgIpc) is 2.93. The van der Waals surface area contributed by atoms with Crippen molar-refractivity contribution in [3.63, 3.8) is 0 Å². The molecular formula is C18H19N3O4. The van der Waals surface area contributed by atoms with E-state index >= 15 is 0 Å². The van der Waals surface area contributed by atoms with Crippen molar-refractivity contribution >= 4 is 34.3 Å². The summed E-state index contributed by atoms with van der Waals surface area (Å²) in [7, 11) is 0. The van der Waals surface area contributed by atoms with E-state index in [-0.39, 0.29) is 31.2 Å². The van der Waals surface area contributed by atoms with Gasteiger partial charge >= 0.3 is 0 Å². The zero-order valence-electron chi connectivity index (χ0n) is 13.8. The number of likely N-dealkylation sites (tertiary alicyclic amines) is 1. The number of carbonyl (C=O) groups is 3. The lowest BCUT2D eigenvalue weighted by Crippen LogP contribution is -2.42. The van der Waals surface area contributed by atoms with E-state index in [4.69, 9.17) is 0 Å². The summed E-state index contributed by atoms with van der Waals surface area (Å²) < 4.78 is 0. The molecule has 130 valence electrons. The number of aliphatic hydroxyl groups excluding tert-OH is 1. The average molecular weight is 341 g/mol. The number of nitrogens with zero attached hydrogens (tertiary/aromatic N) is 2. The molecule has 1 aliphatic rings. The SMILES string of the molecule is C[C@@H](C(=O)Nc1cccc2cccnc12)[C@H](O)CN1C(=O)CCC1=O. The molecule has 7 heteroatoms. The summed E-state index contributed by atoms with van der Waals surface area (Å²) in [6.07, 6.45) is 0.830. The molecule has 2 N–H and O–H groups in total. The molecule has 2 atom stereocenters. The number of pyridine rings is 1. The summed E-state index contributed by atoms with van der Waals surface area (Å²) in [6, 6.07) is 9.13. The molecule has 3 rings (SSSR count). The molecule has 0 spiro atoms. The molecule has 1 aliphatic heterocycles. The number of fused-ring (bicyclic) bond motifs is 1. The summed E-state index contributed by atoms with van der Waals surface area (Å²) >= 11 is 0. The minimum absolute atomic E-state index is 0.161. The van der Waals surface area contributed by atoms with Crippen molar-refractivity contribution in [1.82, 2.24) is 9.88 Å². The van der Waals surface area contributed by atoms with Gasteiger partial charge in [-0.15, -0.1) is 0 Å². The number of imide groups is 1. The second kappa shape index (κ2) is 6.98. The van der Waals surface area contributed by atoms with Gasteiger partial charge < -0.3 is 10.4 Å². The van der Waals surface area contributed by atoms with Crippen LogP contribution in [0.1, 0.15) is 19.8 Å². The Hall–Kier alpha value is -2.80. The lowest BCUT2D eigenvalue weighted by molar-refractivity contribution is -0.141. The minimum Gasteiger partial charge on any atom is -0.390 e. The van der Waals surface area contributed by atoms with E-state index in [1.807, 2.05) is 24.3 Å². The number of β-amino-alcohol motifs (C(OH)–C–C–N with tert-alkyl or cyclic N) is 1. The summed E-state index contributed by atoms with van der Waals surface area (Å²) in [5, 5.41) is 13.9. The fourth-order valence-corrected chi connectivity index (χ4v) is 2.80. The molecule has 0 aliphatic carbocycles. The van der Waals surface area contributed by atoms with E-state index in [1.165, 1.54) is 0 Å². The van der Waals surface area contributed by atoms with E-state index in [1.54, 1.807) is 19.2 Å². The van der Waals surface area contributed by atoms with E-state index < -0.39 is 17.9 Å². The Morgan fingerprint density at radius 2 is 1.92 bits per heavy atom. The Kier molecular flexibility index (Phi) is 4.76. The molecule has 2 heterocycles. The number of para-hydroxylation sites is 1. The van der Waals surface area contributed by atoms with E-state index in [9.17, 15) is 19.5 Å². The molecule has 1 fully saturated rings. The Morgan fingerprint density at radius 1 is 1.24 bits per heavy atom. The standard InChI is InChI=1S/C18H19N3O4/c1-11(14(22)10-21-15(23)7-8-16(21)24)18(25)20-13-6-2-4-12-5-3-9-19-17(12)13/h2-6,9,11,14,22H,7-8,10H2,1H3,(H,20,25)/t11-,14-/m1/s1. The van der Waals surface area contributed by atoms with Crippen molar-refractivity contribution in [3.05, 3.63) is 36.5 Å². The zero-order valence-corrected chi connectivity index (χ0v) is 13.8. The second-order valence-corrected chi connectivity index (χ2v) is 6.12. The molecule has 0 saturated carbocycles. The highest BCUT2D eigenvalue weighted by Gasteiger charge is 2.33. The summed E-state index contributed by atoms with van der Waals surface area (Å²) in [6.45, 7) is 1.39.